The third-order valence-corrected chi connectivity index (χ3v) is 11.0. The third-order valence-electron chi connectivity index (χ3n) is 11.0. The van der Waals surface area contributed by atoms with Crippen LogP contribution in [0.25, 0.3) is 0 Å². The first kappa shape index (κ1) is 25.7. The van der Waals surface area contributed by atoms with Crippen molar-refractivity contribution in [3.8, 4) is 6.07 Å². The molecule has 0 aromatic rings. The minimum atomic E-state index is -0.516. The zero-order chi connectivity index (χ0) is 24.7. The minimum Gasteiger partial charge on any atom is -0.462 e. The normalized spacial score (nSPS) is 44.9. The molecule has 0 aromatic carbocycles. The van der Waals surface area contributed by atoms with Gasteiger partial charge in [-0.3, -0.25) is 0 Å². The van der Waals surface area contributed by atoms with Crippen LogP contribution in [0.5, 0.6) is 0 Å². The molecular weight excluding hydrogens is 426 g/mol. The molecule has 0 bridgehead atoms. The van der Waals surface area contributed by atoms with Gasteiger partial charge in [-0.25, -0.2) is 4.79 Å². The summed E-state index contributed by atoms with van der Waals surface area (Å²) < 4.78 is 4.98. The van der Waals surface area contributed by atoms with Crippen LogP contribution in [0.1, 0.15) is 91.9 Å². The van der Waals surface area contributed by atoms with E-state index >= 15 is 0 Å². The highest BCUT2D eigenvalue weighted by Gasteiger charge is 2.62. The lowest BCUT2D eigenvalue weighted by molar-refractivity contribution is -0.174. The molecule has 5 nitrogen and oxygen atoms in total. The van der Waals surface area contributed by atoms with Crippen molar-refractivity contribution in [3.63, 3.8) is 0 Å². The largest absolute Gasteiger partial charge is 0.462 e. The van der Waals surface area contributed by atoms with Gasteiger partial charge in [-0.2, -0.15) is 5.26 Å². The predicted molar refractivity (Wildman–Crippen MR) is 131 cm³/mol. The second-order valence-electron chi connectivity index (χ2n) is 12.5. The average molecular weight is 472 g/mol. The number of rotatable bonds is 6. The fraction of sp³-hybridized carbons (Fsp3) is 0.862. The van der Waals surface area contributed by atoms with Gasteiger partial charge in [0.1, 0.15) is 11.6 Å². The molecule has 0 amide bonds. The van der Waals surface area contributed by atoms with E-state index in [1.54, 1.807) is 13.0 Å². The molecule has 2 N–H and O–H groups in total. The number of nitriles is 1. The van der Waals surface area contributed by atoms with Gasteiger partial charge >= 0.3 is 5.97 Å². The summed E-state index contributed by atoms with van der Waals surface area (Å²) in [6, 6.07) is 1.99. The Kier molecular flexibility index (Phi) is 7.51. The lowest BCUT2D eigenvalue weighted by atomic mass is 9.43. The summed E-state index contributed by atoms with van der Waals surface area (Å²) in [6.45, 7) is 9.33. The second-order valence-corrected chi connectivity index (χ2v) is 12.5. The maximum absolute atomic E-state index is 11.9. The Bertz CT molecular complexity index is 832. The van der Waals surface area contributed by atoms with Gasteiger partial charge in [0.05, 0.1) is 18.8 Å². The van der Waals surface area contributed by atoms with Gasteiger partial charge in [-0.05, 0) is 117 Å². The van der Waals surface area contributed by atoms with E-state index in [0.717, 1.165) is 38.5 Å². The van der Waals surface area contributed by atoms with Crippen molar-refractivity contribution in [2.75, 3.05) is 6.61 Å². The van der Waals surface area contributed by atoms with Crippen LogP contribution in [0.4, 0.5) is 0 Å². The first-order valence-electron chi connectivity index (χ1n) is 13.8. The Morgan fingerprint density at radius 1 is 1.12 bits per heavy atom. The van der Waals surface area contributed by atoms with Crippen LogP contribution in [0, 0.1) is 57.7 Å². The molecule has 0 heterocycles. The van der Waals surface area contributed by atoms with Gasteiger partial charge in [-0.1, -0.05) is 26.8 Å². The number of hydrogen-bond acceptors (Lipinski definition) is 5. The van der Waals surface area contributed by atoms with Crippen molar-refractivity contribution >= 4 is 5.97 Å². The number of aliphatic hydroxyl groups is 2. The molecule has 5 heteroatoms. The molecule has 4 fully saturated rings. The Labute approximate surface area is 206 Å². The number of hydrogen-bond donors (Lipinski definition) is 2. The summed E-state index contributed by atoms with van der Waals surface area (Å²) in [6.07, 6.45) is 11.6. The van der Waals surface area contributed by atoms with Gasteiger partial charge in [0.2, 0.25) is 0 Å². The molecular formula is C29H45NO4. The third kappa shape index (κ3) is 4.35. The van der Waals surface area contributed by atoms with Crippen molar-refractivity contribution in [2.24, 2.45) is 46.3 Å². The monoisotopic (exact) mass is 471 g/mol. The molecule has 190 valence electrons. The molecule has 4 rings (SSSR count). The zero-order valence-electron chi connectivity index (χ0n) is 21.6. The summed E-state index contributed by atoms with van der Waals surface area (Å²) in [5.74, 6) is 2.60. The van der Waals surface area contributed by atoms with Crippen molar-refractivity contribution in [3.05, 3.63) is 11.6 Å². The molecule has 0 aromatic heterocycles. The highest BCUT2D eigenvalue weighted by atomic mass is 16.5. The average Bonchev–Trinajstić information content (AvgIpc) is 3.15. The van der Waals surface area contributed by atoms with E-state index in [9.17, 15) is 20.3 Å². The summed E-state index contributed by atoms with van der Waals surface area (Å²) in [4.78, 5) is 11.9. The molecule has 4 saturated carbocycles. The Balaban J connectivity index is 1.45. The number of aliphatic hydroxyl groups excluding tert-OH is 2. The van der Waals surface area contributed by atoms with Gasteiger partial charge in [0.15, 0.2) is 0 Å². The van der Waals surface area contributed by atoms with E-state index in [0.29, 0.717) is 35.5 Å². The molecule has 0 aliphatic heterocycles. The summed E-state index contributed by atoms with van der Waals surface area (Å²) in [5.41, 5.74) is 0.637. The number of ether oxygens (including phenoxy) is 1. The highest BCUT2D eigenvalue weighted by molar-refractivity contribution is 5.92. The van der Waals surface area contributed by atoms with Crippen molar-refractivity contribution in [1.82, 2.24) is 0 Å². The second kappa shape index (κ2) is 9.94. The molecule has 4 unspecified atom stereocenters. The summed E-state index contributed by atoms with van der Waals surface area (Å²) in [7, 11) is 0. The van der Waals surface area contributed by atoms with E-state index in [4.69, 9.17) is 4.74 Å². The van der Waals surface area contributed by atoms with E-state index < -0.39 is 5.97 Å². The molecule has 4 aliphatic carbocycles. The number of carbonyl (C=O) groups is 1. The smallest absolute Gasteiger partial charge is 0.348 e. The van der Waals surface area contributed by atoms with E-state index in [2.05, 4.69) is 20.8 Å². The van der Waals surface area contributed by atoms with Crippen molar-refractivity contribution < 1.29 is 19.7 Å². The zero-order valence-corrected chi connectivity index (χ0v) is 21.6. The Hall–Kier alpha value is -1.38. The number of fused-ring (bicyclic) bond motifs is 5. The van der Waals surface area contributed by atoms with Gasteiger partial charge < -0.3 is 14.9 Å². The van der Waals surface area contributed by atoms with Crippen molar-refractivity contribution in [2.45, 2.75) is 104 Å². The molecule has 4 aliphatic rings. The Morgan fingerprint density at radius 2 is 1.82 bits per heavy atom. The van der Waals surface area contributed by atoms with Crippen LogP contribution in [0.3, 0.4) is 0 Å². The van der Waals surface area contributed by atoms with E-state index in [1.165, 1.54) is 25.7 Å². The fourth-order valence-corrected chi connectivity index (χ4v) is 9.25. The SMILES string of the molecule is CCOC(=O)/C(C#N)=C/CC[C@@H](C)[C@H]1CC[C@H]2C3[C@H](O)CC4C[C@H](O)CCC4(C)[C@H]3CCC12C. The molecule has 0 spiro atoms. The standard InChI is InChI=1S/C29H45NO4/c1-5-34-27(33)19(17-30)8-6-7-18(2)22-9-10-23-26-24(12-14-29(22,23)4)28(3)13-11-21(31)15-20(28)16-25(26)32/h8,18,20-26,31-32H,5-7,9-16H2,1-4H3/b19-8+/t18-,20?,21-,22-,23+,24+,25-,26?,28?,29?/m1/s1. The maximum atomic E-state index is 11.9. The predicted octanol–water partition coefficient (Wildman–Crippen LogP) is 5.41. The summed E-state index contributed by atoms with van der Waals surface area (Å²) >= 11 is 0. The lowest BCUT2D eigenvalue weighted by Crippen LogP contribution is -2.58. The number of carbonyl (C=O) groups excluding carboxylic acids is 1. The van der Waals surface area contributed by atoms with Crippen LogP contribution in [0.15, 0.2) is 11.6 Å². The molecule has 10 atom stereocenters. The van der Waals surface area contributed by atoms with Crippen molar-refractivity contribution in [1.29, 1.82) is 5.26 Å². The van der Waals surface area contributed by atoms with E-state index in [1.807, 2.05) is 6.07 Å². The quantitative estimate of drug-likeness (QED) is 0.307. The van der Waals surface area contributed by atoms with Crippen LogP contribution < -0.4 is 0 Å². The molecule has 0 saturated heterocycles. The number of esters is 1. The maximum Gasteiger partial charge on any atom is 0.348 e. The summed E-state index contributed by atoms with van der Waals surface area (Å²) in [5, 5.41) is 31.0. The fourth-order valence-electron chi connectivity index (χ4n) is 9.25. The minimum absolute atomic E-state index is 0.121. The van der Waals surface area contributed by atoms with Gasteiger partial charge in [0, 0.05) is 0 Å². The van der Waals surface area contributed by atoms with Crippen LogP contribution >= 0.6 is 0 Å². The lowest BCUT2D eigenvalue weighted by Gasteiger charge is -2.62. The topological polar surface area (TPSA) is 90.6 Å². The Morgan fingerprint density at radius 3 is 2.53 bits per heavy atom. The number of allylic oxidation sites excluding steroid dienone is 1. The first-order chi connectivity index (χ1) is 16.2. The van der Waals surface area contributed by atoms with Crippen LogP contribution in [-0.4, -0.2) is 35.0 Å². The molecule has 0 radical (unpaired) electrons. The number of nitrogens with zero attached hydrogens (tertiary/aromatic N) is 1. The van der Waals surface area contributed by atoms with Crippen LogP contribution in [-0.2, 0) is 9.53 Å². The van der Waals surface area contributed by atoms with Gasteiger partial charge in [0.25, 0.3) is 0 Å². The van der Waals surface area contributed by atoms with Gasteiger partial charge in [-0.15, -0.1) is 0 Å². The first-order valence-corrected chi connectivity index (χ1v) is 13.8. The highest BCUT2D eigenvalue weighted by Crippen LogP contribution is 2.68. The van der Waals surface area contributed by atoms with E-state index in [-0.39, 0.29) is 35.2 Å². The van der Waals surface area contributed by atoms with Crippen LogP contribution in [0.2, 0.25) is 0 Å². The molecule has 34 heavy (non-hydrogen) atoms.